The van der Waals surface area contributed by atoms with Crippen LogP contribution in [-0.4, -0.2) is 11.2 Å². The summed E-state index contributed by atoms with van der Waals surface area (Å²) in [6.45, 7) is 3.94. The zero-order chi connectivity index (χ0) is 11.3. The third-order valence-electron chi connectivity index (χ3n) is 5.20. The Morgan fingerprint density at radius 3 is 2.94 bits per heavy atom. The summed E-state index contributed by atoms with van der Waals surface area (Å²) in [7, 11) is 0. The van der Waals surface area contributed by atoms with Crippen LogP contribution >= 0.6 is 0 Å². The quantitative estimate of drug-likeness (QED) is 0.706. The Morgan fingerprint density at radius 1 is 1.38 bits per heavy atom. The van der Waals surface area contributed by atoms with E-state index in [0.29, 0.717) is 0 Å². The average molecular weight is 218 g/mol. The van der Waals surface area contributed by atoms with Crippen LogP contribution in [0.25, 0.3) is 0 Å². The summed E-state index contributed by atoms with van der Waals surface area (Å²) in [5.41, 5.74) is 1.16. The Morgan fingerprint density at radius 2 is 2.19 bits per heavy atom. The smallest absolute Gasteiger partial charge is 0.0719 e. The number of allylic oxidation sites excluding steroid dienone is 3. The molecule has 16 heavy (non-hydrogen) atoms. The molecule has 0 aliphatic heterocycles. The van der Waals surface area contributed by atoms with Crippen molar-refractivity contribution in [3.8, 4) is 0 Å². The minimum atomic E-state index is -0.269. The predicted molar refractivity (Wildman–Crippen MR) is 65.9 cm³/mol. The summed E-state index contributed by atoms with van der Waals surface area (Å²) in [4.78, 5) is 0. The van der Waals surface area contributed by atoms with Crippen molar-refractivity contribution >= 4 is 0 Å². The van der Waals surface area contributed by atoms with Gasteiger partial charge in [-0.3, -0.25) is 0 Å². The molecule has 0 aromatic carbocycles. The molecule has 0 aromatic heterocycles. The molecule has 0 radical (unpaired) electrons. The maximum Gasteiger partial charge on any atom is 0.0719 e. The van der Waals surface area contributed by atoms with Gasteiger partial charge in [0.1, 0.15) is 0 Å². The summed E-state index contributed by atoms with van der Waals surface area (Å²) in [5, 5.41) is 9.56. The van der Waals surface area contributed by atoms with E-state index < -0.39 is 0 Å². The van der Waals surface area contributed by atoms with E-state index in [0.717, 1.165) is 35.2 Å². The van der Waals surface area contributed by atoms with Crippen molar-refractivity contribution in [2.45, 2.75) is 39.2 Å². The van der Waals surface area contributed by atoms with Crippen LogP contribution in [0.1, 0.15) is 33.1 Å². The van der Waals surface area contributed by atoms with Gasteiger partial charge in [0, 0.05) is 0 Å². The van der Waals surface area contributed by atoms with Gasteiger partial charge in [0.25, 0.3) is 0 Å². The summed E-state index contributed by atoms with van der Waals surface area (Å²) >= 11 is 0. The molecule has 3 aliphatic carbocycles. The minimum Gasteiger partial charge on any atom is -0.389 e. The first-order valence-electron chi connectivity index (χ1n) is 6.70. The van der Waals surface area contributed by atoms with Gasteiger partial charge in [0.05, 0.1) is 6.10 Å². The molecule has 0 amide bonds. The number of aliphatic hydroxyl groups excluding tert-OH is 1. The van der Waals surface area contributed by atoms with Gasteiger partial charge in [-0.05, 0) is 68.3 Å². The number of fused-ring (bicyclic) bond motifs is 5. The molecule has 2 fully saturated rings. The van der Waals surface area contributed by atoms with Crippen LogP contribution in [0.3, 0.4) is 0 Å². The van der Waals surface area contributed by atoms with Gasteiger partial charge in [-0.2, -0.15) is 0 Å². The summed E-state index contributed by atoms with van der Waals surface area (Å²) in [5.74, 6) is 4.42. The monoisotopic (exact) mass is 218 g/mol. The first kappa shape index (κ1) is 10.6. The average Bonchev–Trinajstić information content (AvgIpc) is 2.87. The van der Waals surface area contributed by atoms with Gasteiger partial charge in [-0.15, -0.1) is 0 Å². The van der Waals surface area contributed by atoms with E-state index in [2.05, 4.69) is 25.2 Å². The Labute approximate surface area is 98.2 Å². The highest BCUT2D eigenvalue weighted by atomic mass is 16.3. The van der Waals surface area contributed by atoms with Gasteiger partial charge in [-0.1, -0.05) is 18.2 Å². The van der Waals surface area contributed by atoms with Crippen molar-refractivity contribution in [3.63, 3.8) is 0 Å². The number of hydrogen-bond acceptors (Lipinski definition) is 1. The molecule has 0 aromatic rings. The van der Waals surface area contributed by atoms with E-state index in [1.807, 2.05) is 6.92 Å². The molecule has 6 unspecified atom stereocenters. The van der Waals surface area contributed by atoms with Crippen molar-refractivity contribution in [3.05, 3.63) is 23.8 Å². The molecular formula is C15H22O. The van der Waals surface area contributed by atoms with Gasteiger partial charge < -0.3 is 5.11 Å². The maximum atomic E-state index is 9.56. The molecular weight excluding hydrogens is 196 g/mol. The Kier molecular flexibility index (Phi) is 2.47. The Balaban J connectivity index is 1.77. The molecule has 88 valence electrons. The third kappa shape index (κ3) is 1.48. The highest BCUT2D eigenvalue weighted by Crippen LogP contribution is 2.59. The Hall–Kier alpha value is -0.560. The highest BCUT2D eigenvalue weighted by molar-refractivity contribution is 5.18. The van der Waals surface area contributed by atoms with E-state index in [1.54, 1.807) is 0 Å². The normalized spacial score (nSPS) is 47.4. The fourth-order valence-electron chi connectivity index (χ4n) is 4.27. The summed E-state index contributed by atoms with van der Waals surface area (Å²) < 4.78 is 0. The van der Waals surface area contributed by atoms with E-state index in [1.165, 1.54) is 19.3 Å². The van der Waals surface area contributed by atoms with Crippen molar-refractivity contribution in [2.75, 3.05) is 0 Å². The zero-order valence-electron chi connectivity index (χ0n) is 10.3. The summed E-state index contributed by atoms with van der Waals surface area (Å²) in [6.07, 6.45) is 11.1. The zero-order valence-corrected chi connectivity index (χ0v) is 10.3. The fourth-order valence-corrected chi connectivity index (χ4v) is 4.27. The third-order valence-corrected chi connectivity index (χ3v) is 5.20. The fraction of sp³-hybridized carbons (Fsp3) is 0.733. The van der Waals surface area contributed by atoms with Gasteiger partial charge in [0.2, 0.25) is 0 Å². The van der Waals surface area contributed by atoms with Crippen molar-refractivity contribution < 1.29 is 5.11 Å². The topological polar surface area (TPSA) is 20.2 Å². The minimum absolute atomic E-state index is 0.269. The molecule has 0 saturated heterocycles. The van der Waals surface area contributed by atoms with Crippen LogP contribution in [0.2, 0.25) is 0 Å². The van der Waals surface area contributed by atoms with Crippen molar-refractivity contribution in [2.24, 2.45) is 29.6 Å². The molecule has 1 nitrogen and oxygen atoms in total. The van der Waals surface area contributed by atoms with Crippen LogP contribution in [-0.2, 0) is 0 Å². The predicted octanol–water partition coefficient (Wildman–Crippen LogP) is 3.16. The lowest BCUT2D eigenvalue weighted by atomic mass is 9.75. The number of aliphatic hydroxyl groups is 1. The number of hydrogen-bond donors (Lipinski definition) is 1. The Bertz CT molecular complexity index is 339. The molecule has 3 aliphatic rings. The molecule has 1 N–H and O–H groups in total. The van der Waals surface area contributed by atoms with Crippen molar-refractivity contribution in [1.82, 2.24) is 0 Å². The van der Waals surface area contributed by atoms with E-state index >= 15 is 0 Å². The second-order valence-electron chi connectivity index (χ2n) is 6.05. The lowest BCUT2D eigenvalue weighted by Crippen LogP contribution is -2.23. The van der Waals surface area contributed by atoms with E-state index in [9.17, 15) is 5.11 Å². The largest absolute Gasteiger partial charge is 0.389 e. The molecule has 2 saturated carbocycles. The SMILES string of the molecule is C/C(=C\C1CC2CC1C1C=CCC21)C(C)O. The highest BCUT2D eigenvalue weighted by Gasteiger charge is 2.51. The van der Waals surface area contributed by atoms with Crippen molar-refractivity contribution in [1.29, 1.82) is 0 Å². The second-order valence-corrected chi connectivity index (χ2v) is 6.05. The molecule has 6 atom stereocenters. The molecule has 0 heterocycles. The molecule has 3 rings (SSSR count). The van der Waals surface area contributed by atoms with Gasteiger partial charge >= 0.3 is 0 Å². The van der Waals surface area contributed by atoms with Gasteiger partial charge in [-0.25, -0.2) is 0 Å². The van der Waals surface area contributed by atoms with Gasteiger partial charge in [0.15, 0.2) is 0 Å². The van der Waals surface area contributed by atoms with Crippen LogP contribution in [0.5, 0.6) is 0 Å². The van der Waals surface area contributed by atoms with Crippen LogP contribution in [0.15, 0.2) is 23.8 Å². The lowest BCUT2D eigenvalue weighted by Gasteiger charge is -2.30. The molecule has 1 heteroatoms. The second kappa shape index (κ2) is 3.73. The molecule has 0 spiro atoms. The van der Waals surface area contributed by atoms with Crippen LogP contribution in [0, 0.1) is 29.6 Å². The maximum absolute atomic E-state index is 9.56. The first-order chi connectivity index (χ1) is 7.66. The first-order valence-corrected chi connectivity index (χ1v) is 6.70. The van der Waals surface area contributed by atoms with Crippen LogP contribution in [0.4, 0.5) is 0 Å². The van der Waals surface area contributed by atoms with E-state index in [4.69, 9.17) is 0 Å². The summed E-state index contributed by atoms with van der Waals surface area (Å²) in [6, 6.07) is 0. The lowest BCUT2D eigenvalue weighted by molar-refractivity contribution is 0.221. The van der Waals surface area contributed by atoms with Crippen LogP contribution < -0.4 is 0 Å². The standard InChI is InChI=1S/C15H22O/c1-9(10(2)16)6-11-7-12-8-15(11)14-5-3-4-13(12)14/h3,5-6,10-16H,4,7-8H2,1-2H3/b9-6+. The van der Waals surface area contributed by atoms with E-state index in [-0.39, 0.29) is 6.10 Å². The molecule has 2 bridgehead atoms. The number of rotatable bonds is 2.